The zero-order valence-corrected chi connectivity index (χ0v) is 13.7. The van der Waals surface area contributed by atoms with Crippen molar-refractivity contribution in [1.82, 2.24) is 14.8 Å². The molecule has 3 rings (SSSR count). The Morgan fingerprint density at radius 3 is 2.77 bits per heavy atom. The summed E-state index contributed by atoms with van der Waals surface area (Å²) in [7, 11) is 0. The van der Waals surface area contributed by atoms with E-state index in [1.54, 1.807) is 26.0 Å². The lowest BCUT2D eigenvalue weighted by molar-refractivity contribution is 0.456. The van der Waals surface area contributed by atoms with Crippen LogP contribution in [0.1, 0.15) is 37.0 Å². The Morgan fingerprint density at radius 2 is 2.09 bits per heavy atom. The van der Waals surface area contributed by atoms with Gasteiger partial charge in [-0.15, -0.1) is 10.2 Å². The van der Waals surface area contributed by atoms with Crippen LogP contribution in [0, 0.1) is 11.3 Å². The smallest absolute Gasteiger partial charge is 0.152 e. The Kier molecular flexibility index (Phi) is 3.54. The molecule has 0 amide bonds. The third-order valence-electron chi connectivity index (χ3n) is 4.02. The van der Waals surface area contributed by atoms with Gasteiger partial charge in [-0.3, -0.25) is 0 Å². The molecule has 2 heterocycles. The second kappa shape index (κ2) is 5.15. The van der Waals surface area contributed by atoms with Gasteiger partial charge < -0.3 is 9.67 Å². The van der Waals surface area contributed by atoms with Gasteiger partial charge in [0, 0.05) is 24.4 Å². The van der Waals surface area contributed by atoms with Crippen molar-refractivity contribution in [2.75, 3.05) is 0 Å². The SMILES string of the molecule is CC(C)(C#N)c1nnc2n1CC(c1c(O)ccc(Cl)c1Cl)C2. The summed E-state index contributed by atoms with van der Waals surface area (Å²) in [5.74, 6) is 1.51. The van der Waals surface area contributed by atoms with Crippen molar-refractivity contribution in [3.8, 4) is 11.8 Å². The van der Waals surface area contributed by atoms with Crippen molar-refractivity contribution in [1.29, 1.82) is 5.26 Å². The van der Waals surface area contributed by atoms with Gasteiger partial charge in [0.25, 0.3) is 0 Å². The van der Waals surface area contributed by atoms with E-state index < -0.39 is 5.41 Å². The molecule has 0 saturated carbocycles. The fraction of sp³-hybridized carbons (Fsp3) is 0.400. The molecular weight excluding hydrogens is 323 g/mol. The first-order valence-electron chi connectivity index (χ1n) is 6.86. The highest BCUT2D eigenvalue weighted by molar-refractivity contribution is 6.42. The molecule has 1 aliphatic heterocycles. The summed E-state index contributed by atoms with van der Waals surface area (Å²) in [6, 6.07) is 5.36. The van der Waals surface area contributed by atoms with Gasteiger partial charge in [0.1, 0.15) is 17.0 Å². The van der Waals surface area contributed by atoms with Crippen LogP contribution in [0.4, 0.5) is 0 Å². The van der Waals surface area contributed by atoms with Gasteiger partial charge in [0.15, 0.2) is 5.82 Å². The lowest BCUT2D eigenvalue weighted by atomic mass is 9.94. The molecule has 1 unspecified atom stereocenters. The molecule has 0 saturated heterocycles. The highest BCUT2D eigenvalue weighted by Crippen LogP contribution is 2.42. The van der Waals surface area contributed by atoms with Gasteiger partial charge in [-0.05, 0) is 26.0 Å². The molecular formula is C15H14Cl2N4O. The van der Waals surface area contributed by atoms with Crippen LogP contribution in [-0.2, 0) is 18.4 Å². The van der Waals surface area contributed by atoms with Crippen LogP contribution >= 0.6 is 23.2 Å². The molecule has 0 spiro atoms. The molecule has 5 nitrogen and oxygen atoms in total. The van der Waals surface area contributed by atoms with Gasteiger partial charge in [0.2, 0.25) is 0 Å². The normalized spacial score (nSPS) is 17.3. The topological polar surface area (TPSA) is 74.7 Å². The standard InChI is InChI=1S/C15H14Cl2N4O/c1-15(2,7-18)14-20-19-11-5-8(6-21(11)14)12-10(22)4-3-9(16)13(12)17/h3-4,8,22H,5-6H2,1-2H3. The second-order valence-electron chi connectivity index (χ2n) is 5.98. The molecule has 1 aromatic carbocycles. The summed E-state index contributed by atoms with van der Waals surface area (Å²) in [6.07, 6.45) is 0.599. The van der Waals surface area contributed by atoms with Crippen LogP contribution < -0.4 is 0 Å². The number of aromatic hydroxyl groups is 1. The Hall–Kier alpha value is -1.77. The Balaban J connectivity index is 2.01. The summed E-state index contributed by atoms with van der Waals surface area (Å²) in [5.41, 5.74) is -0.0966. The van der Waals surface area contributed by atoms with E-state index in [0.717, 1.165) is 5.82 Å². The fourth-order valence-electron chi connectivity index (χ4n) is 2.83. The number of phenols is 1. The number of hydrogen-bond donors (Lipinski definition) is 1. The van der Waals surface area contributed by atoms with Gasteiger partial charge in [0.05, 0.1) is 16.1 Å². The Labute approximate surface area is 138 Å². The van der Waals surface area contributed by atoms with Crippen LogP contribution in [0.3, 0.4) is 0 Å². The van der Waals surface area contributed by atoms with Gasteiger partial charge in [-0.1, -0.05) is 23.2 Å². The van der Waals surface area contributed by atoms with Crippen LogP contribution in [-0.4, -0.2) is 19.9 Å². The third kappa shape index (κ3) is 2.23. The van der Waals surface area contributed by atoms with E-state index in [0.29, 0.717) is 34.4 Å². The van der Waals surface area contributed by atoms with E-state index in [1.165, 1.54) is 0 Å². The highest BCUT2D eigenvalue weighted by atomic mass is 35.5. The number of rotatable bonds is 2. The minimum absolute atomic E-state index is 0.0371. The van der Waals surface area contributed by atoms with Crippen molar-refractivity contribution in [2.45, 2.75) is 38.1 Å². The van der Waals surface area contributed by atoms with E-state index in [4.69, 9.17) is 23.2 Å². The van der Waals surface area contributed by atoms with Crippen LogP contribution in [0.15, 0.2) is 12.1 Å². The highest BCUT2D eigenvalue weighted by Gasteiger charge is 2.35. The number of hydrogen-bond acceptors (Lipinski definition) is 4. The number of halogens is 2. The summed E-state index contributed by atoms with van der Waals surface area (Å²) in [6.45, 7) is 4.18. The number of phenolic OH excluding ortho intramolecular Hbond substituents is 1. The maximum absolute atomic E-state index is 10.1. The van der Waals surface area contributed by atoms with E-state index in [-0.39, 0.29) is 11.7 Å². The zero-order chi connectivity index (χ0) is 16.1. The van der Waals surface area contributed by atoms with Gasteiger partial charge >= 0.3 is 0 Å². The van der Waals surface area contributed by atoms with Crippen molar-refractivity contribution in [3.63, 3.8) is 0 Å². The van der Waals surface area contributed by atoms with E-state index >= 15 is 0 Å². The number of benzene rings is 1. The monoisotopic (exact) mass is 336 g/mol. The molecule has 2 aromatic rings. The molecule has 0 radical (unpaired) electrons. The van der Waals surface area contributed by atoms with Crippen molar-refractivity contribution >= 4 is 23.2 Å². The lowest BCUT2D eigenvalue weighted by Crippen LogP contribution is -2.21. The second-order valence-corrected chi connectivity index (χ2v) is 6.77. The molecule has 1 aromatic heterocycles. The summed E-state index contributed by atoms with van der Waals surface area (Å²) >= 11 is 12.3. The van der Waals surface area contributed by atoms with E-state index in [2.05, 4.69) is 16.3 Å². The molecule has 0 bridgehead atoms. The molecule has 1 atom stereocenters. The lowest BCUT2D eigenvalue weighted by Gasteiger charge is -2.17. The summed E-state index contributed by atoms with van der Waals surface area (Å²) in [4.78, 5) is 0. The van der Waals surface area contributed by atoms with Crippen LogP contribution in [0.2, 0.25) is 10.0 Å². The molecule has 0 aliphatic carbocycles. The Morgan fingerprint density at radius 1 is 1.36 bits per heavy atom. The first-order valence-corrected chi connectivity index (χ1v) is 7.61. The fourth-order valence-corrected chi connectivity index (χ4v) is 3.31. The zero-order valence-electron chi connectivity index (χ0n) is 12.1. The predicted molar refractivity (Wildman–Crippen MR) is 83.2 cm³/mol. The quantitative estimate of drug-likeness (QED) is 0.911. The third-order valence-corrected chi connectivity index (χ3v) is 4.83. The first-order chi connectivity index (χ1) is 10.3. The van der Waals surface area contributed by atoms with Crippen LogP contribution in [0.5, 0.6) is 5.75 Å². The van der Waals surface area contributed by atoms with Gasteiger partial charge in [-0.2, -0.15) is 5.26 Å². The average molecular weight is 337 g/mol. The van der Waals surface area contributed by atoms with E-state index in [9.17, 15) is 10.4 Å². The predicted octanol–water partition coefficient (Wildman–Crippen LogP) is 3.43. The molecule has 22 heavy (non-hydrogen) atoms. The maximum atomic E-state index is 10.1. The molecule has 1 aliphatic rings. The largest absolute Gasteiger partial charge is 0.508 e. The van der Waals surface area contributed by atoms with Crippen molar-refractivity contribution in [3.05, 3.63) is 39.4 Å². The van der Waals surface area contributed by atoms with Crippen molar-refractivity contribution in [2.24, 2.45) is 0 Å². The van der Waals surface area contributed by atoms with E-state index in [1.807, 2.05) is 4.57 Å². The molecule has 1 N–H and O–H groups in total. The number of nitriles is 1. The number of fused-ring (bicyclic) bond motifs is 1. The summed E-state index contributed by atoms with van der Waals surface area (Å²) < 4.78 is 1.94. The van der Waals surface area contributed by atoms with Crippen molar-refractivity contribution < 1.29 is 5.11 Å². The summed E-state index contributed by atoms with van der Waals surface area (Å²) in [5, 5.41) is 28.5. The van der Waals surface area contributed by atoms with Crippen LogP contribution in [0.25, 0.3) is 0 Å². The number of aromatic nitrogens is 3. The molecule has 0 fully saturated rings. The average Bonchev–Trinajstić information content (AvgIpc) is 3.03. The number of nitrogens with zero attached hydrogens (tertiary/aromatic N) is 4. The molecule has 7 heteroatoms. The minimum atomic E-state index is -0.722. The van der Waals surface area contributed by atoms with Gasteiger partial charge in [-0.25, -0.2) is 0 Å². The minimum Gasteiger partial charge on any atom is -0.508 e. The Bertz CT molecular complexity index is 792. The molecule has 114 valence electrons. The maximum Gasteiger partial charge on any atom is 0.152 e. The first kappa shape index (κ1) is 15.1.